The fourth-order valence-electron chi connectivity index (χ4n) is 5.05. The molecule has 31 heavy (non-hydrogen) atoms. The zero-order valence-corrected chi connectivity index (χ0v) is 16.3. The molecule has 0 saturated heterocycles. The van der Waals surface area contributed by atoms with Crippen molar-refractivity contribution in [2.45, 2.75) is 0 Å². The van der Waals surface area contributed by atoms with Gasteiger partial charge in [-0.3, -0.25) is 4.40 Å². The Morgan fingerprint density at radius 2 is 1.23 bits per heavy atom. The summed E-state index contributed by atoms with van der Waals surface area (Å²) in [5.74, 6) is 0. The predicted molar refractivity (Wildman–Crippen MR) is 125 cm³/mol. The summed E-state index contributed by atoms with van der Waals surface area (Å²) in [6.07, 6.45) is 3.89. The first kappa shape index (κ1) is 15.5. The van der Waals surface area contributed by atoms with Gasteiger partial charge in [-0.05, 0) is 29.7 Å². The molecular weight excluding hydrogens is 384 g/mol. The van der Waals surface area contributed by atoms with Crippen LogP contribution in [-0.4, -0.2) is 9.38 Å². The molecule has 0 unspecified atom stereocenters. The molecule has 4 aromatic heterocycles. The van der Waals surface area contributed by atoms with E-state index in [9.17, 15) is 0 Å². The molecular formula is C27H14N2O2. The molecule has 144 valence electrons. The number of para-hydroxylation sites is 1. The van der Waals surface area contributed by atoms with Crippen molar-refractivity contribution in [3.05, 3.63) is 85.2 Å². The topological polar surface area (TPSA) is 43.6 Å². The third-order valence-corrected chi connectivity index (χ3v) is 6.45. The van der Waals surface area contributed by atoms with Crippen LogP contribution in [0.3, 0.4) is 0 Å². The SMILES string of the molecule is c1ccc2c(c1)oc1cc3oc4cc5c6ccccc6c6nccn6c5cc4c3cc12. The summed E-state index contributed by atoms with van der Waals surface area (Å²) in [7, 11) is 0. The Balaban J connectivity index is 1.59. The van der Waals surface area contributed by atoms with Crippen LogP contribution in [-0.2, 0) is 0 Å². The van der Waals surface area contributed by atoms with Gasteiger partial charge < -0.3 is 8.83 Å². The number of fused-ring (bicyclic) bond motifs is 12. The lowest BCUT2D eigenvalue weighted by Gasteiger charge is -2.08. The van der Waals surface area contributed by atoms with Crippen molar-refractivity contribution >= 4 is 71.2 Å². The Morgan fingerprint density at radius 1 is 0.548 bits per heavy atom. The Bertz CT molecular complexity index is 2000. The lowest BCUT2D eigenvalue weighted by atomic mass is 10.0. The second-order valence-electron chi connectivity index (χ2n) is 8.08. The molecule has 0 aliphatic rings. The highest BCUT2D eigenvalue weighted by Gasteiger charge is 2.16. The number of nitrogens with zero attached hydrogens (tertiary/aromatic N) is 2. The molecule has 0 bridgehead atoms. The van der Waals surface area contributed by atoms with E-state index >= 15 is 0 Å². The van der Waals surface area contributed by atoms with E-state index in [2.05, 4.69) is 57.9 Å². The molecule has 4 nitrogen and oxygen atoms in total. The number of furan rings is 2. The molecule has 4 heterocycles. The molecule has 0 amide bonds. The maximum Gasteiger partial charge on any atom is 0.145 e. The van der Waals surface area contributed by atoms with Gasteiger partial charge in [-0.1, -0.05) is 42.5 Å². The van der Waals surface area contributed by atoms with Crippen LogP contribution in [0.2, 0.25) is 0 Å². The molecule has 0 spiro atoms. The number of pyridine rings is 1. The average molecular weight is 398 g/mol. The predicted octanol–water partition coefficient (Wildman–Crippen LogP) is 7.44. The Labute approximate surface area is 174 Å². The van der Waals surface area contributed by atoms with Gasteiger partial charge >= 0.3 is 0 Å². The summed E-state index contributed by atoms with van der Waals surface area (Å²) in [5, 5.41) is 7.90. The number of imidazole rings is 1. The Kier molecular flexibility index (Phi) is 2.62. The van der Waals surface area contributed by atoms with Crippen molar-refractivity contribution in [1.29, 1.82) is 0 Å². The maximum absolute atomic E-state index is 6.32. The smallest absolute Gasteiger partial charge is 0.145 e. The number of hydrogen-bond donors (Lipinski definition) is 0. The summed E-state index contributed by atoms with van der Waals surface area (Å²) >= 11 is 0. The van der Waals surface area contributed by atoms with Crippen LogP contribution in [0.4, 0.5) is 0 Å². The highest BCUT2D eigenvalue weighted by Crippen LogP contribution is 2.39. The van der Waals surface area contributed by atoms with Crippen molar-refractivity contribution < 1.29 is 8.83 Å². The summed E-state index contributed by atoms with van der Waals surface area (Å²) in [5.41, 5.74) is 5.55. The molecule has 8 rings (SSSR count). The van der Waals surface area contributed by atoms with Crippen LogP contribution >= 0.6 is 0 Å². The number of rotatable bonds is 0. The lowest BCUT2D eigenvalue weighted by molar-refractivity contribution is 0.656. The van der Waals surface area contributed by atoms with Crippen molar-refractivity contribution in [2.24, 2.45) is 0 Å². The molecule has 0 atom stereocenters. The third-order valence-electron chi connectivity index (χ3n) is 6.45. The van der Waals surface area contributed by atoms with Gasteiger partial charge in [-0.25, -0.2) is 4.98 Å². The molecule has 4 heteroatoms. The van der Waals surface area contributed by atoms with Crippen molar-refractivity contribution in [2.75, 3.05) is 0 Å². The van der Waals surface area contributed by atoms with E-state index in [-0.39, 0.29) is 0 Å². The summed E-state index contributed by atoms with van der Waals surface area (Å²) in [6.45, 7) is 0. The van der Waals surface area contributed by atoms with E-state index in [0.717, 1.165) is 65.8 Å². The van der Waals surface area contributed by atoms with E-state index < -0.39 is 0 Å². The van der Waals surface area contributed by atoms with Gasteiger partial charge in [-0.2, -0.15) is 0 Å². The van der Waals surface area contributed by atoms with E-state index in [1.54, 1.807) is 0 Å². The first-order valence-electron chi connectivity index (χ1n) is 10.3. The molecule has 0 aliphatic heterocycles. The third kappa shape index (κ3) is 1.87. The molecule has 0 saturated carbocycles. The van der Waals surface area contributed by atoms with E-state index in [4.69, 9.17) is 8.83 Å². The van der Waals surface area contributed by atoms with Crippen LogP contribution < -0.4 is 0 Å². The highest BCUT2D eigenvalue weighted by atomic mass is 16.3. The average Bonchev–Trinajstić information content (AvgIpc) is 3.51. The van der Waals surface area contributed by atoms with Crippen LogP contribution in [0.15, 0.2) is 94.0 Å². The van der Waals surface area contributed by atoms with E-state index in [1.807, 2.05) is 36.7 Å². The van der Waals surface area contributed by atoms with Gasteiger partial charge in [0.15, 0.2) is 0 Å². The van der Waals surface area contributed by atoms with Crippen molar-refractivity contribution in [3.63, 3.8) is 0 Å². The number of aromatic nitrogens is 2. The van der Waals surface area contributed by atoms with Gasteiger partial charge in [0, 0.05) is 50.8 Å². The minimum absolute atomic E-state index is 0.836. The van der Waals surface area contributed by atoms with Gasteiger partial charge in [0.05, 0.1) is 5.52 Å². The largest absolute Gasteiger partial charge is 0.456 e. The lowest BCUT2D eigenvalue weighted by Crippen LogP contribution is -1.90. The molecule has 8 aromatic rings. The molecule has 0 fully saturated rings. The first-order chi connectivity index (χ1) is 15.3. The maximum atomic E-state index is 6.32. The van der Waals surface area contributed by atoms with Gasteiger partial charge in [0.1, 0.15) is 28.0 Å². The van der Waals surface area contributed by atoms with Crippen LogP contribution in [0.25, 0.3) is 71.2 Å². The van der Waals surface area contributed by atoms with Gasteiger partial charge in [-0.15, -0.1) is 0 Å². The molecule has 0 aliphatic carbocycles. The molecule has 4 aromatic carbocycles. The Hall–Kier alpha value is -4.31. The summed E-state index contributed by atoms with van der Waals surface area (Å²) in [6, 6.07) is 25.2. The zero-order valence-electron chi connectivity index (χ0n) is 16.3. The molecule has 0 N–H and O–H groups in total. The van der Waals surface area contributed by atoms with Crippen LogP contribution in [0.5, 0.6) is 0 Å². The first-order valence-corrected chi connectivity index (χ1v) is 10.3. The quantitative estimate of drug-likeness (QED) is 0.249. The minimum Gasteiger partial charge on any atom is -0.456 e. The fraction of sp³-hybridized carbons (Fsp3) is 0. The van der Waals surface area contributed by atoms with Gasteiger partial charge in [0.2, 0.25) is 0 Å². The van der Waals surface area contributed by atoms with Crippen molar-refractivity contribution in [3.8, 4) is 0 Å². The fourth-order valence-corrected chi connectivity index (χ4v) is 5.05. The van der Waals surface area contributed by atoms with E-state index in [1.165, 1.54) is 5.39 Å². The Morgan fingerprint density at radius 3 is 2.13 bits per heavy atom. The van der Waals surface area contributed by atoms with Gasteiger partial charge in [0.25, 0.3) is 0 Å². The second kappa shape index (κ2) is 5.24. The highest BCUT2D eigenvalue weighted by molar-refractivity contribution is 6.20. The second-order valence-corrected chi connectivity index (χ2v) is 8.08. The van der Waals surface area contributed by atoms with Crippen molar-refractivity contribution in [1.82, 2.24) is 9.38 Å². The normalized spacial score (nSPS) is 12.5. The number of hydrogen-bond acceptors (Lipinski definition) is 3. The van der Waals surface area contributed by atoms with Crippen LogP contribution in [0.1, 0.15) is 0 Å². The summed E-state index contributed by atoms with van der Waals surface area (Å²) < 4.78 is 14.6. The standard InChI is InChI=1S/C27H14N2O2/c1-2-7-17-15(5-1)18-13-24-21(12-22(18)29-10-9-28-27(17)29)20-11-19-16-6-3-4-8-23(16)30-25(19)14-26(20)31-24/h1-14H. The van der Waals surface area contributed by atoms with Crippen LogP contribution in [0, 0.1) is 0 Å². The minimum atomic E-state index is 0.836. The molecule has 0 radical (unpaired) electrons. The zero-order chi connectivity index (χ0) is 20.1. The van der Waals surface area contributed by atoms with E-state index in [0.29, 0.717) is 0 Å². The number of benzene rings is 4. The summed E-state index contributed by atoms with van der Waals surface area (Å²) in [4.78, 5) is 4.62. The monoisotopic (exact) mass is 398 g/mol.